The predicted octanol–water partition coefficient (Wildman–Crippen LogP) is 15.7. The summed E-state index contributed by atoms with van der Waals surface area (Å²) < 4.78 is 5.93. The molecule has 0 heterocycles. The van der Waals surface area contributed by atoms with E-state index in [1.807, 2.05) is 0 Å². The normalized spacial score (nSPS) is 13.5. The molecule has 0 aliphatic rings. The molecule has 0 aromatic heterocycles. The van der Waals surface area contributed by atoms with E-state index in [-0.39, 0.29) is 24.9 Å². The zero-order chi connectivity index (χ0) is 43.8. The van der Waals surface area contributed by atoms with E-state index in [9.17, 15) is 19.8 Å². The van der Waals surface area contributed by atoms with Gasteiger partial charge in [-0.2, -0.15) is 0 Å². The van der Waals surface area contributed by atoms with Gasteiger partial charge >= 0.3 is 5.97 Å². The molecule has 6 heteroatoms. The maximum absolute atomic E-state index is 13.2. The van der Waals surface area contributed by atoms with Gasteiger partial charge in [-0.05, 0) is 83.5 Å². The molecule has 0 saturated carbocycles. The molecule has 352 valence electrons. The van der Waals surface area contributed by atoms with E-state index in [0.29, 0.717) is 19.3 Å². The summed E-state index contributed by atoms with van der Waals surface area (Å²) in [5, 5.41) is 23.7. The molecule has 0 bridgehead atoms. The highest BCUT2D eigenvalue weighted by Crippen LogP contribution is 2.17. The summed E-state index contributed by atoms with van der Waals surface area (Å²) in [7, 11) is 0. The molecule has 1 amide bonds. The summed E-state index contributed by atoms with van der Waals surface area (Å²) in [6.45, 7) is 6.45. The Balaban J connectivity index is 4.58. The minimum absolute atomic E-state index is 0.0660. The van der Waals surface area contributed by atoms with Crippen LogP contribution in [0.15, 0.2) is 36.5 Å². The molecule has 0 rings (SSSR count). The maximum atomic E-state index is 13.2. The maximum Gasteiger partial charge on any atom is 0.306 e. The third-order valence-corrected chi connectivity index (χ3v) is 11.9. The molecule has 3 unspecified atom stereocenters. The number of carbonyl (C=O) groups is 2. The van der Waals surface area contributed by atoms with Crippen molar-refractivity contribution in [3.63, 3.8) is 0 Å². The Hall–Kier alpha value is -1.92. The summed E-state index contributed by atoms with van der Waals surface area (Å²) in [5.41, 5.74) is 0. The van der Waals surface area contributed by atoms with E-state index in [2.05, 4.69) is 62.5 Å². The molecule has 3 N–H and O–H groups in total. The average molecular weight is 844 g/mol. The van der Waals surface area contributed by atoms with E-state index in [0.717, 1.165) is 77.0 Å². The predicted molar refractivity (Wildman–Crippen MR) is 259 cm³/mol. The van der Waals surface area contributed by atoms with E-state index >= 15 is 0 Å². The number of unbranched alkanes of at least 4 members (excludes halogenated alkanes) is 29. The zero-order valence-corrected chi connectivity index (χ0v) is 40.1. The van der Waals surface area contributed by atoms with Crippen LogP contribution in [0.4, 0.5) is 0 Å². The second-order valence-electron chi connectivity index (χ2n) is 17.9. The van der Waals surface area contributed by atoms with Gasteiger partial charge in [-0.15, -0.1) is 0 Å². The van der Waals surface area contributed by atoms with Crippen LogP contribution in [0, 0.1) is 0 Å². The van der Waals surface area contributed by atoms with Crippen LogP contribution in [0.5, 0.6) is 0 Å². The number of hydrogen-bond donors (Lipinski definition) is 3. The fourth-order valence-corrected chi connectivity index (χ4v) is 7.93. The summed E-state index contributed by atoms with van der Waals surface area (Å²) in [5.74, 6) is -0.490. The zero-order valence-electron chi connectivity index (χ0n) is 40.1. The van der Waals surface area contributed by atoms with E-state index in [1.165, 1.54) is 148 Å². The molecule has 0 spiro atoms. The van der Waals surface area contributed by atoms with Gasteiger partial charge in [0.25, 0.3) is 0 Å². The molecule has 6 nitrogen and oxygen atoms in total. The van der Waals surface area contributed by atoms with Crippen molar-refractivity contribution in [2.45, 2.75) is 289 Å². The van der Waals surface area contributed by atoms with Crippen molar-refractivity contribution >= 4 is 11.9 Å². The number of carbonyl (C=O) groups excluding carboxylic acids is 2. The molecule has 0 radical (unpaired) electrons. The highest BCUT2D eigenvalue weighted by atomic mass is 16.5. The first kappa shape index (κ1) is 58.1. The second kappa shape index (κ2) is 48.1. The van der Waals surface area contributed by atoms with Crippen molar-refractivity contribution < 1.29 is 24.5 Å². The first-order valence-electron chi connectivity index (χ1n) is 26.2. The lowest BCUT2D eigenvalue weighted by molar-refractivity contribution is -0.151. The lowest BCUT2D eigenvalue weighted by Crippen LogP contribution is -2.46. The monoisotopic (exact) mass is 844 g/mol. The molecular weight excluding hydrogens is 743 g/mol. The van der Waals surface area contributed by atoms with Crippen molar-refractivity contribution in [3.05, 3.63) is 36.5 Å². The van der Waals surface area contributed by atoms with Crippen LogP contribution in [0.25, 0.3) is 0 Å². The van der Waals surface area contributed by atoms with Crippen LogP contribution in [0.1, 0.15) is 271 Å². The number of allylic oxidation sites excluding steroid dienone is 6. The Labute approximate surface area is 373 Å². The Morgan fingerprint density at radius 2 is 0.850 bits per heavy atom. The first-order valence-corrected chi connectivity index (χ1v) is 26.2. The van der Waals surface area contributed by atoms with Crippen LogP contribution in [0.3, 0.4) is 0 Å². The number of amides is 1. The molecule has 3 atom stereocenters. The summed E-state index contributed by atoms with van der Waals surface area (Å²) in [6, 6.07) is -0.705. The molecule has 0 aromatic carbocycles. The number of esters is 1. The van der Waals surface area contributed by atoms with Gasteiger partial charge in [0.15, 0.2) is 0 Å². The fourth-order valence-electron chi connectivity index (χ4n) is 7.93. The lowest BCUT2D eigenvalue weighted by atomic mass is 10.0. The van der Waals surface area contributed by atoms with Crippen LogP contribution < -0.4 is 5.32 Å². The van der Waals surface area contributed by atoms with Gasteiger partial charge in [0.2, 0.25) is 5.91 Å². The van der Waals surface area contributed by atoms with Gasteiger partial charge in [-0.1, -0.05) is 211 Å². The quantitative estimate of drug-likeness (QED) is 0.0322. The summed E-state index contributed by atoms with van der Waals surface area (Å²) >= 11 is 0. The van der Waals surface area contributed by atoms with Crippen LogP contribution >= 0.6 is 0 Å². The van der Waals surface area contributed by atoms with Gasteiger partial charge in [-0.3, -0.25) is 9.59 Å². The van der Waals surface area contributed by atoms with Crippen molar-refractivity contribution in [2.24, 2.45) is 0 Å². The van der Waals surface area contributed by atoms with E-state index in [1.54, 1.807) is 0 Å². The average Bonchev–Trinajstić information content (AvgIpc) is 3.24. The second-order valence-corrected chi connectivity index (χ2v) is 17.9. The Bertz CT molecular complexity index is 993. The van der Waals surface area contributed by atoms with Crippen molar-refractivity contribution in [3.8, 4) is 0 Å². The number of nitrogens with one attached hydrogen (secondary N) is 1. The number of ether oxygens (including phenoxy) is 1. The Kier molecular flexibility index (Phi) is 46.6. The van der Waals surface area contributed by atoms with Crippen molar-refractivity contribution in [1.29, 1.82) is 0 Å². The third kappa shape index (κ3) is 42.8. The van der Waals surface area contributed by atoms with Gasteiger partial charge in [0, 0.05) is 6.42 Å². The molecule has 60 heavy (non-hydrogen) atoms. The van der Waals surface area contributed by atoms with Crippen LogP contribution in [-0.4, -0.2) is 46.9 Å². The van der Waals surface area contributed by atoms with Gasteiger partial charge in [-0.25, -0.2) is 0 Å². The third-order valence-electron chi connectivity index (χ3n) is 11.9. The Morgan fingerprint density at radius 1 is 0.483 bits per heavy atom. The highest BCUT2D eigenvalue weighted by molar-refractivity contribution is 5.77. The fraction of sp³-hybridized carbons (Fsp3) is 0.852. The molecular formula is C54H101NO5. The first-order chi connectivity index (χ1) is 29.5. The molecule has 0 fully saturated rings. The largest absolute Gasteiger partial charge is 0.462 e. The van der Waals surface area contributed by atoms with Gasteiger partial charge in [0.05, 0.1) is 25.2 Å². The van der Waals surface area contributed by atoms with Gasteiger partial charge < -0.3 is 20.3 Å². The Morgan fingerprint density at radius 3 is 1.33 bits per heavy atom. The number of aliphatic hydroxyl groups is 2. The SMILES string of the molecule is CCCCC/C=C\C/C=C\CCCCCCCCCC(=O)OC(CCCCC/C=C/CCCCCCCCC)CC(=O)NC(CO)C(O)CCCCCCCCCCCC. The molecule has 0 aliphatic heterocycles. The van der Waals surface area contributed by atoms with Crippen LogP contribution in [0.2, 0.25) is 0 Å². The molecule has 0 saturated heterocycles. The van der Waals surface area contributed by atoms with Crippen molar-refractivity contribution in [2.75, 3.05) is 6.61 Å². The minimum atomic E-state index is -0.790. The van der Waals surface area contributed by atoms with Crippen LogP contribution in [-0.2, 0) is 14.3 Å². The summed E-state index contributed by atoms with van der Waals surface area (Å²) in [4.78, 5) is 26.1. The highest BCUT2D eigenvalue weighted by Gasteiger charge is 2.24. The molecule has 0 aromatic rings. The minimum Gasteiger partial charge on any atom is -0.462 e. The van der Waals surface area contributed by atoms with E-state index in [4.69, 9.17) is 4.74 Å². The standard InChI is InChI=1S/C54H101NO5/c1-4-7-10-13-16-19-22-24-26-27-28-30-32-35-38-41-44-47-54(59)60-50(45-42-39-36-33-31-29-25-23-20-17-14-11-8-5-2)48-53(58)55-51(49-56)52(57)46-43-40-37-34-21-18-15-12-9-6-3/h16,19,24,26,29,31,50-52,56-57H,4-15,17-18,20-23,25,27-28,30,32-49H2,1-3H3,(H,55,58)/b19-16-,26-24-,31-29+. The topological polar surface area (TPSA) is 95.9 Å². The summed E-state index contributed by atoms with van der Waals surface area (Å²) in [6.07, 6.45) is 56.3. The number of rotatable bonds is 47. The number of hydrogen-bond acceptors (Lipinski definition) is 5. The lowest BCUT2D eigenvalue weighted by Gasteiger charge is -2.24. The molecule has 0 aliphatic carbocycles. The van der Waals surface area contributed by atoms with Gasteiger partial charge in [0.1, 0.15) is 6.10 Å². The van der Waals surface area contributed by atoms with Crippen molar-refractivity contribution in [1.82, 2.24) is 5.32 Å². The smallest absolute Gasteiger partial charge is 0.306 e. The van der Waals surface area contributed by atoms with E-state index < -0.39 is 18.2 Å². The number of aliphatic hydroxyl groups excluding tert-OH is 2.